The van der Waals surface area contributed by atoms with E-state index in [-0.39, 0.29) is 17.5 Å². The molecule has 2 amide bonds. The number of nitrogens with zero attached hydrogens (tertiary/aromatic N) is 1. The van der Waals surface area contributed by atoms with Gasteiger partial charge in [-0.3, -0.25) is 9.59 Å². The van der Waals surface area contributed by atoms with Crippen LogP contribution in [0.3, 0.4) is 0 Å². The molecule has 1 aromatic carbocycles. The van der Waals surface area contributed by atoms with E-state index in [1.54, 1.807) is 18.2 Å². The third kappa shape index (κ3) is 4.11. The van der Waals surface area contributed by atoms with Crippen LogP contribution in [0, 0.1) is 0 Å². The van der Waals surface area contributed by atoms with Crippen LogP contribution in [0.25, 0.3) is 0 Å². The number of carbonyl (C=O) groups is 2. The van der Waals surface area contributed by atoms with Gasteiger partial charge in [0.2, 0.25) is 5.91 Å². The summed E-state index contributed by atoms with van der Waals surface area (Å²) >= 11 is 5.88. The SMILES string of the molecule is Nc1c(Cl)cccc1C(=O)NCCC(=O)N1CCCCC1. The normalized spacial score (nSPS) is 14.8. The maximum absolute atomic E-state index is 12.0. The van der Waals surface area contributed by atoms with Gasteiger partial charge in [-0.05, 0) is 31.4 Å². The molecule has 0 bridgehead atoms. The third-order valence-electron chi connectivity index (χ3n) is 3.63. The molecule has 1 fully saturated rings. The number of likely N-dealkylation sites (tertiary alicyclic amines) is 1. The summed E-state index contributed by atoms with van der Waals surface area (Å²) in [5.74, 6) is -0.212. The highest BCUT2D eigenvalue weighted by molar-refractivity contribution is 6.33. The van der Waals surface area contributed by atoms with Crippen LogP contribution < -0.4 is 11.1 Å². The lowest BCUT2D eigenvalue weighted by Gasteiger charge is -2.26. The number of hydrogen-bond donors (Lipinski definition) is 2. The fourth-order valence-corrected chi connectivity index (χ4v) is 2.59. The molecule has 0 spiro atoms. The first-order chi connectivity index (χ1) is 10.1. The molecular weight excluding hydrogens is 290 g/mol. The molecule has 0 aliphatic carbocycles. The first kappa shape index (κ1) is 15.6. The van der Waals surface area contributed by atoms with Crippen molar-refractivity contribution in [2.24, 2.45) is 0 Å². The molecular formula is C15H20ClN3O2. The third-order valence-corrected chi connectivity index (χ3v) is 3.96. The van der Waals surface area contributed by atoms with Crippen LogP contribution in [0.1, 0.15) is 36.0 Å². The lowest BCUT2D eigenvalue weighted by Crippen LogP contribution is -2.37. The number of halogens is 1. The number of carbonyl (C=O) groups excluding carboxylic acids is 2. The molecule has 6 heteroatoms. The molecule has 0 atom stereocenters. The molecule has 2 rings (SSSR count). The van der Waals surface area contributed by atoms with Crippen LogP contribution >= 0.6 is 11.6 Å². The van der Waals surface area contributed by atoms with Crippen LogP contribution in [0.5, 0.6) is 0 Å². The van der Waals surface area contributed by atoms with E-state index in [1.165, 1.54) is 6.42 Å². The largest absolute Gasteiger partial charge is 0.397 e. The van der Waals surface area contributed by atoms with Gasteiger partial charge >= 0.3 is 0 Å². The highest BCUT2D eigenvalue weighted by atomic mass is 35.5. The summed E-state index contributed by atoms with van der Waals surface area (Å²) in [6, 6.07) is 4.92. The molecule has 1 saturated heterocycles. The van der Waals surface area contributed by atoms with Gasteiger partial charge in [-0.25, -0.2) is 0 Å². The second-order valence-electron chi connectivity index (χ2n) is 5.15. The van der Waals surface area contributed by atoms with Crippen molar-refractivity contribution in [1.82, 2.24) is 10.2 Å². The number of nitrogen functional groups attached to an aromatic ring is 1. The van der Waals surface area contributed by atoms with Gasteiger partial charge in [0.1, 0.15) is 0 Å². The summed E-state index contributed by atoms with van der Waals surface area (Å²) in [4.78, 5) is 25.8. The molecule has 0 radical (unpaired) electrons. The van der Waals surface area contributed by atoms with Crippen LogP contribution in [0.2, 0.25) is 5.02 Å². The van der Waals surface area contributed by atoms with E-state index in [9.17, 15) is 9.59 Å². The van der Waals surface area contributed by atoms with E-state index in [4.69, 9.17) is 17.3 Å². The Labute approximate surface area is 129 Å². The molecule has 114 valence electrons. The monoisotopic (exact) mass is 309 g/mol. The van der Waals surface area contributed by atoms with Gasteiger partial charge in [-0.2, -0.15) is 0 Å². The fraction of sp³-hybridized carbons (Fsp3) is 0.467. The maximum atomic E-state index is 12.0. The molecule has 1 aromatic rings. The number of benzene rings is 1. The number of amides is 2. The maximum Gasteiger partial charge on any atom is 0.253 e. The van der Waals surface area contributed by atoms with E-state index in [0.29, 0.717) is 23.6 Å². The van der Waals surface area contributed by atoms with Crippen molar-refractivity contribution >= 4 is 29.1 Å². The van der Waals surface area contributed by atoms with E-state index >= 15 is 0 Å². The van der Waals surface area contributed by atoms with Crippen LogP contribution in [0.4, 0.5) is 5.69 Å². The first-order valence-corrected chi connectivity index (χ1v) is 7.57. The van der Waals surface area contributed by atoms with Gasteiger partial charge < -0.3 is 16.0 Å². The smallest absolute Gasteiger partial charge is 0.253 e. The number of nitrogens with two attached hydrogens (primary N) is 1. The van der Waals surface area contributed by atoms with Crippen molar-refractivity contribution in [3.05, 3.63) is 28.8 Å². The number of nitrogens with one attached hydrogen (secondary N) is 1. The lowest BCUT2D eigenvalue weighted by atomic mass is 10.1. The molecule has 1 aliphatic rings. The molecule has 21 heavy (non-hydrogen) atoms. The predicted molar refractivity (Wildman–Crippen MR) is 83.2 cm³/mol. The quantitative estimate of drug-likeness (QED) is 0.836. The minimum atomic E-state index is -0.304. The van der Waals surface area contributed by atoms with Crippen LogP contribution in [-0.2, 0) is 4.79 Å². The van der Waals surface area contributed by atoms with Gasteiger partial charge in [-0.15, -0.1) is 0 Å². The molecule has 0 unspecified atom stereocenters. The van der Waals surface area contributed by atoms with Gasteiger partial charge in [0.15, 0.2) is 0 Å². The zero-order valence-corrected chi connectivity index (χ0v) is 12.7. The van der Waals surface area contributed by atoms with E-state index in [0.717, 1.165) is 25.9 Å². The summed E-state index contributed by atoms with van der Waals surface area (Å²) in [5.41, 5.74) is 6.37. The number of para-hydroxylation sites is 1. The molecule has 5 nitrogen and oxygen atoms in total. The number of hydrogen-bond acceptors (Lipinski definition) is 3. The highest BCUT2D eigenvalue weighted by Gasteiger charge is 2.17. The topological polar surface area (TPSA) is 75.4 Å². The highest BCUT2D eigenvalue weighted by Crippen LogP contribution is 2.22. The van der Waals surface area contributed by atoms with Crippen molar-refractivity contribution in [2.75, 3.05) is 25.4 Å². The zero-order valence-electron chi connectivity index (χ0n) is 11.9. The molecule has 0 aromatic heterocycles. The predicted octanol–water partition coefficient (Wildman–Crippen LogP) is 2.05. The Hall–Kier alpha value is -1.75. The Morgan fingerprint density at radius 2 is 1.95 bits per heavy atom. The van der Waals surface area contributed by atoms with Crippen molar-refractivity contribution in [2.45, 2.75) is 25.7 Å². The molecule has 0 saturated carbocycles. The summed E-state index contributed by atoms with van der Waals surface area (Å²) in [5, 5.41) is 3.07. The number of anilines is 1. The van der Waals surface area contributed by atoms with Crippen molar-refractivity contribution in [3.8, 4) is 0 Å². The summed E-state index contributed by atoms with van der Waals surface area (Å²) in [7, 11) is 0. The average Bonchev–Trinajstić information content (AvgIpc) is 2.50. The first-order valence-electron chi connectivity index (χ1n) is 7.19. The average molecular weight is 310 g/mol. The molecule has 1 aliphatic heterocycles. The van der Waals surface area contributed by atoms with Gasteiger partial charge in [-0.1, -0.05) is 17.7 Å². The minimum Gasteiger partial charge on any atom is -0.397 e. The Kier molecular flexibility index (Phi) is 5.44. The van der Waals surface area contributed by atoms with E-state index in [2.05, 4.69) is 5.32 Å². The van der Waals surface area contributed by atoms with E-state index in [1.807, 2.05) is 4.90 Å². The second kappa shape index (κ2) is 7.31. The lowest BCUT2D eigenvalue weighted by molar-refractivity contribution is -0.131. The number of piperidine rings is 1. The summed E-state index contributed by atoms with van der Waals surface area (Å²) < 4.78 is 0. The Bertz CT molecular complexity index is 528. The second-order valence-corrected chi connectivity index (χ2v) is 5.56. The van der Waals surface area contributed by atoms with Crippen molar-refractivity contribution < 1.29 is 9.59 Å². The Morgan fingerprint density at radius 3 is 2.67 bits per heavy atom. The van der Waals surface area contributed by atoms with Crippen LogP contribution in [-0.4, -0.2) is 36.3 Å². The summed E-state index contributed by atoms with van der Waals surface area (Å²) in [6.07, 6.45) is 3.63. The van der Waals surface area contributed by atoms with Gasteiger partial charge in [0.05, 0.1) is 16.3 Å². The van der Waals surface area contributed by atoms with Crippen LogP contribution in [0.15, 0.2) is 18.2 Å². The number of rotatable bonds is 4. The Balaban J connectivity index is 1.81. The minimum absolute atomic E-state index is 0.0917. The molecule has 3 N–H and O–H groups in total. The van der Waals surface area contributed by atoms with Crippen molar-refractivity contribution in [3.63, 3.8) is 0 Å². The standard InChI is InChI=1S/C15H20ClN3O2/c16-12-6-4-5-11(14(12)17)15(21)18-8-7-13(20)19-9-2-1-3-10-19/h4-6H,1-3,7-10,17H2,(H,18,21). The fourth-order valence-electron chi connectivity index (χ4n) is 2.41. The zero-order chi connectivity index (χ0) is 15.2. The van der Waals surface area contributed by atoms with Gasteiger partial charge in [0, 0.05) is 26.1 Å². The van der Waals surface area contributed by atoms with Gasteiger partial charge in [0.25, 0.3) is 5.91 Å². The molecule has 1 heterocycles. The summed E-state index contributed by atoms with van der Waals surface area (Å²) in [6.45, 7) is 1.96. The van der Waals surface area contributed by atoms with E-state index < -0.39 is 0 Å². The Morgan fingerprint density at radius 1 is 1.24 bits per heavy atom. The van der Waals surface area contributed by atoms with Crippen molar-refractivity contribution in [1.29, 1.82) is 0 Å².